The molecule has 1 atom stereocenters. The van der Waals surface area contributed by atoms with Gasteiger partial charge in [-0.2, -0.15) is 5.10 Å². The lowest BCUT2D eigenvalue weighted by Crippen LogP contribution is -2.33. The van der Waals surface area contributed by atoms with Crippen molar-refractivity contribution in [2.24, 2.45) is 5.10 Å². The number of ether oxygens (including phenoxy) is 1. The molecule has 1 amide bonds. The van der Waals surface area contributed by atoms with Gasteiger partial charge in [0.15, 0.2) is 6.10 Å². The van der Waals surface area contributed by atoms with Gasteiger partial charge in [-0.15, -0.1) is 0 Å². The average Bonchev–Trinajstić information content (AvgIpc) is 2.70. The first-order valence-electron chi connectivity index (χ1n) is 8.52. The summed E-state index contributed by atoms with van der Waals surface area (Å²) in [6.45, 7) is 1.68. The molecule has 0 radical (unpaired) electrons. The Morgan fingerprint density at radius 3 is 2.26 bits per heavy atom. The molecule has 0 bridgehead atoms. The van der Waals surface area contributed by atoms with Crippen LogP contribution in [0.2, 0.25) is 5.02 Å². The molecular formula is C22H19ClN2O2. The summed E-state index contributed by atoms with van der Waals surface area (Å²) in [6, 6.07) is 24.8. The number of amides is 1. The van der Waals surface area contributed by atoms with Crippen molar-refractivity contribution in [1.82, 2.24) is 5.43 Å². The molecule has 3 rings (SSSR count). The Hall–Kier alpha value is -3.11. The number of halogens is 1. The number of hydrogen-bond donors (Lipinski definition) is 1. The molecule has 0 aliphatic rings. The van der Waals surface area contributed by atoms with Crippen LogP contribution in [0.5, 0.6) is 5.75 Å². The molecule has 0 heterocycles. The van der Waals surface area contributed by atoms with Crippen molar-refractivity contribution < 1.29 is 9.53 Å². The minimum Gasteiger partial charge on any atom is -0.481 e. The van der Waals surface area contributed by atoms with Crippen molar-refractivity contribution in [3.63, 3.8) is 0 Å². The molecular weight excluding hydrogens is 360 g/mol. The summed E-state index contributed by atoms with van der Waals surface area (Å²) in [5, 5.41) is 4.59. The summed E-state index contributed by atoms with van der Waals surface area (Å²) in [6.07, 6.45) is 0.880. The Labute approximate surface area is 163 Å². The minimum absolute atomic E-state index is 0.327. The first-order chi connectivity index (χ1) is 13.1. The van der Waals surface area contributed by atoms with Gasteiger partial charge in [0, 0.05) is 5.02 Å². The topological polar surface area (TPSA) is 50.7 Å². The first-order valence-corrected chi connectivity index (χ1v) is 8.90. The maximum atomic E-state index is 12.1. The molecule has 0 fully saturated rings. The summed E-state index contributed by atoms with van der Waals surface area (Å²) in [5.74, 6) is 0.298. The molecule has 0 aromatic heterocycles. The number of hydrogen-bond acceptors (Lipinski definition) is 3. The van der Waals surface area contributed by atoms with Crippen molar-refractivity contribution in [3.05, 3.63) is 89.4 Å². The molecule has 0 aliphatic carbocycles. The third-order valence-corrected chi connectivity index (χ3v) is 4.15. The van der Waals surface area contributed by atoms with E-state index in [4.69, 9.17) is 16.3 Å². The lowest BCUT2D eigenvalue weighted by atomic mass is 10.1. The largest absolute Gasteiger partial charge is 0.481 e. The van der Waals surface area contributed by atoms with E-state index in [1.165, 1.54) is 0 Å². The van der Waals surface area contributed by atoms with E-state index in [1.807, 2.05) is 66.7 Å². The van der Waals surface area contributed by atoms with E-state index in [0.29, 0.717) is 10.8 Å². The van der Waals surface area contributed by atoms with Crippen LogP contribution in [0.4, 0.5) is 0 Å². The standard InChI is InChI=1S/C22H19ClN2O2/c1-16(22(26)25-24-15-17-7-11-20(23)12-8-17)27-21-13-9-19(10-14-21)18-5-3-2-4-6-18/h2-16H,1H3,(H,25,26)/b24-15-/t16-/m1/s1. The van der Waals surface area contributed by atoms with Gasteiger partial charge in [0.25, 0.3) is 5.91 Å². The lowest BCUT2D eigenvalue weighted by Gasteiger charge is -2.13. The second-order valence-corrected chi connectivity index (χ2v) is 6.37. The van der Waals surface area contributed by atoms with Gasteiger partial charge in [0.2, 0.25) is 0 Å². The van der Waals surface area contributed by atoms with Crippen molar-refractivity contribution >= 4 is 23.7 Å². The van der Waals surface area contributed by atoms with Crippen LogP contribution >= 0.6 is 11.6 Å². The van der Waals surface area contributed by atoms with Crippen LogP contribution in [0.25, 0.3) is 11.1 Å². The van der Waals surface area contributed by atoms with Crippen LogP contribution in [0.1, 0.15) is 12.5 Å². The zero-order valence-corrected chi connectivity index (χ0v) is 15.6. The van der Waals surface area contributed by atoms with E-state index in [0.717, 1.165) is 16.7 Å². The maximum absolute atomic E-state index is 12.1. The first kappa shape index (κ1) is 18.7. The quantitative estimate of drug-likeness (QED) is 0.488. The normalized spacial score (nSPS) is 11.9. The van der Waals surface area contributed by atoms with Crippen LogP contribution in [0.3, 0.4) is 0 Å². The van der Waals surface area contributed by atoms with E-state index in [-0.39, 0.29) is 5.91 Å². The third kappa shape index (κ3) is 5.43. The van der Waals surface area contributed by atoms with Gasteiger partial charge in [-0.25, -0.2) is 5.43 Å². The minimum atomic E-state index is -0.671. The number of carbonyl (C=O) groups is 1. The van der Waals surface area contributed by atoms with Crippen LogP contribution in [-0.4, -0.2) is 18.2 Å². The second kappa shape index (κ2) is 9.01. The van der Waals surface area contributed by atoms with Crippen LogP contribution in [0.15, 0.2) is 84.0 Å². The summed E-state index contributed by atoms with van der Waals surface area (Å²) < 4.78 is 5.68. The smallest absolute Gasteiger partial charge is 0.280 e. The van der Waals surface area contributed by atoms with Gasteiger partial charge >= 0.3 is 0 Å². The van der Waals surface area contributed by atoms with E-state index in [9.17, 15) is 4.79 Å². The highest BCUT2D eigenvalue weighted by molar-refractivity contribution is 6.30. The highest BCUT2D eigenvalue weighted by Gasteiger charge is 2.13. The number of nitrogens with one attached hydrogen (secondary N) is 1. The molecule has 5 heteroatoms. The van der Waals surface area contributed by atoms with Crippen molar-refractivity contribution in [2.45, 2.75) is 13.0 Å². The number of carbonyl (C=O) groups excluding carboxylic acids is 1. The summed E-state index contributed by atoms with van der Waals surface area (Å²) in [5.41, 5.74) is 5.53. The third-order valence-electron chi connectivity index (χ3n) is 3.90. The number of benzene rings is 3. The zero-order chi connectivity index (χ0) is 19.1. The fourth-order valence-corrected chi connectivity index (χ4v) is 2.55. The molecule has 1 N–H and O–H groups in total. The molecule has 27 heavy (non-hydrogen) atoms. The molecule has 0 saturated heterocycles. The Bertz CT molecular complexity index is 907. The van der Waals surface area contributed by atoms with E-state index in [1.54, 1.807) is 25.3 Å². The van der Waals surface area contributed by atoms with Gasteiger partial charge in [0.1, 0.15) is 5.75 Å². The molecule has 136 valence electrons. The molecule has 0 aliphatic heterocycles. The molecule has 0 spiro atoms. The van der Waals surface area contributed by atoms with E-state index < -0.39 is 6.10 Å². The van der Waals surface area contributed by atoms with Crippen molar-refractivity contribution in [3.8, 4) is 16.9 Å². The summed E-state index contributed by atoms with van der Waals surface area (Å²) in [4.78, 5) is 12.1. The second-order valence-electron chi connectivity index (χ2n) is 5.94. The van der Waals surface area contributed by atoms with Crippen molar-refractivity contribution in [2.75, 3.05) is 0 Å². The van der Waals surface area contributed by atoms with Gasteiger partial charge in [0.05, 0.1) is 6.21 Å². The van der Waals surface area contributed by atoms with Crippen LogP contribution in [-0.2, 0) is 4.79 Å². The van der Waals surface area contributed by atoms with Crippen molar-refractivity contribution in [1.29, 1.82) is 0 Å². The van der Waals surface area contributed by atoms with Gasteiger partial charge < -0.3 is 4.74 Å². The Morgan fingerprint density at radius 1 is 0.963 bits per heavy atom. The van der Waals surface area contributed by atoms with Gasteiger partial charge in [-0.3, -0.25) is 4.79 Å². The monoisotopic (exact) mass is 378 g/mol. The summed E-state index contributed by atoms with van der Waals surface area (Å²) >= 11 is 5.83. The fourth-order valence-electron chi connectivity index (χ4n) is 2.42. The highest BCUT2D eigenvalue weighted by atomic mass is 35.5. The molecule has 3 aromatic carbocycles. The SMILES string of the molecule is C[C@@H](Oc1ccc(-c2ccccc2)cc1)C(=O)N/N=C\c1ccc(Cl)cc1. The Kier molecular flexibility index (Phi) is 6.23. The summed E-state index contributed by atoms with van der Waals surface area (Å²) in [7, 11) is 0. The average molecular weight is 379 g/mol. The molecule has 3 aromatic rings. The predicted molar refractivity (Wildman–Crippen MR) is 109 cm³/mol. The molecule has 4 nitrogen and oxygen atoms in total. The highest BCUT2D eigenvalue weighted by Crippen LogP contribution is 2.22. The Morgan fingerprint density at radius 2 is 1.59 bits per heavy atom. The Balaban J connectivity index is 1.54. The van der Waals surface area contributed by atoms with Gasteiger partial charge in [-0.05, 0) is 47.9 Å². The number of nitrogens with zero attached hydrogens (tertiary/aromatic N) is 1. The maximum Gasteiger partial charge on any atom is 0.280 e. The molecule has 0 unspecified atom stereocenters. The lowest BCUT2D eigenvalue weighted by molar-refractivity contribution is -0.127. The van der Waals surface area contributed by atoms with Crippen LogP contribution in [0, 0.1) is 0 Å². The predicted octanol–water partition coefficient (Wildman–Crippen LogP) is 4.92. The van der Waals surface area contributed by atoms with Crippen LogP contribution < -0.4 is 10.2 Å². The number of hydrazone groups is 1. The van der Waals surface area contributed by atoms with Gasteiger partial charge in [-0.1, -0.05) is 66.2 Å². The zero-order valence-electron chi connectivity index (χ0n) is 14.8. The fraction of sp³-hybridized carbons (Fsp3) is 0.0909. The van der Waals surface area contributed by atoms with E-state index >= 15 is 0 Å². The van der Waals surface area contributed by atoms with E-state index in [2.05, 4.69) is 10.5 Å². The number of rotatable bonds is 6. The molecule has 0 saturated carbocycles.